The van der Waals surface area contributed by atoms with Gasteiger partial charge in [0.05, 0.1) is 0 Å². The van der Waals surface area contributed by atoms with Crippen molar-refractivity contribution in [1.29, 1.82) is 0 Å². The second-order valence-electron chi connectivity index (χ2n) is 2.46. The van der Waals surface area contributed by atoms with Gasteiger partial charge in [0.1, 0.15) is 5.69 Å². The van der Waals surface area contributed by atoms with Crippen LogP contribution in [0.2, 0.25) is 0 Å². The van der Waals surface area contributed by atoms with Crippen molar-refractivity contribution in [3.8, 4) is 0 Å². The Balaban J connectivity index is 2.58. The van der Waals surface area contributed by atoms with Crippen molar-refractivity contribution in [1.82, 2.24) is 0 Å². The summed E-state index contributed by atoms with van der Waals surface area (Å²) in [7, 11) is 0. The van der Waals surface area contributed by atoms with E-state index in [1.165, 1.54) is 0 Å². The largest absolute Gasteiger partial charge is 0.145 e. The minimum Gasteiger partial charge on any atom is -0.145 e. The van der Waals surface area contributed by atoms with Gasteiger partial charge in [-0.1, -0.05) is 17.2 Å². The highest BCUT2D eigenvalue weighted by atomic mass is 16.3. The average Bonchev–Trinajstić information content (AvgIpc) is 2.19. The lowest BCUT2D eigenvalue weighted by molar-refractivity contribution is 0.956. The fraction of sp³-hybridized carbons (Fsp3) is 0.250. The van der Waals surface area contributed by atoms with Crippen LogP contribution in [-0.4, -0.2) is 6.54 Å². The topological polar surface area (TPSA) is 78.2 Å². The molecule has 0 aliphatic heterocycles. The highest BCUT2D eigenvalue weighted by Gasteiger charge is 1.92. The van der Waals surface area contributed by atoms with Gasteiger partial charge in [0.15, 0.2) is 0 Å². The van der Waals surface area contributed by atoms with Crippen LogP contribution in [0.25, 0.3) is 10.4 Å². The number of nitroso groups, excluding NO2 is 1. The monoisotopic (exact) mass is 176 g/mol. The molecule has 0 saturated carbocycles. The number of nitrogens with zero attached hydrogens (tertiary/aromatic N) is 4. The maximum atomic E-state index is 10.1. The Hall–Kier alpha value is -1.87. The molecule has 0 atom stereocenters. The van der Waals surface area contributed by atoms with Crippen molar-refractivity contribution < 1.29 is 0 Å². The van der Waals surface area contributed by atoms with E-state index in [9.17, 15) is 4.91 Å². The maximum Gasteiger partial charge on any atom is 0.108 e. The van der Waals surface area contributed by atoms with Crippen molar-refractivity contribution in [2.75, 3.05) is 6.54 Å². The quantitative estimate of drug-likeness (QED) is 0.300. The Labute approximate surface area is 75.0 Å². The Bertz CT molecular complexity index is 327. The number of rotatable bonds is 4. The third-order valence-corrected chi connectivity index (χ3v) is 1.61. The molecule has 0 radical (unpaired) electrons. The first kappa shape index (κ1) is 9.22. The molecule has 0 unspecified atom stereocenters. The molecule has 0 bridgehead atoms. The first-order valence-corrected chi connectivity index (χ1v) is 3.80. The summed E-state index contributed by atoms with van der Waals surface area (Å²) in [5.74, 6) is 0. The Morgan fingerprint density at radius 2 is 2.00 bits per heavy atom. The minimum absolute atomic E-state index is 0.410. The lowest BCUT2D eigenvalue weighted by Gasteiger charge is -1.96. The van der Waals surface area contributed by atoms with E-state index < -0.39 is 0 Å². The molecular weight excluding hydrogens is 168 g/mol. The van der Waals surface area contributed by atoms with Gasteiger partial charge in [-0.2, -0.15) is 0 Å². The van der Waals surface area contributed by atoms with Crippen molar-refractivity contribution in [2.24, 2.45) is 10.3 Å². The second-order valence-corrected chi connectivity index (χ2v) is 2.46. The Kier molecular flexibility index (Phi) is 3.47. The molecule has 0 N–H and O–H groups in total. The van der Waals surface area contributed by atoms with Crippen LogP contribution in [-0.2, 0) is 6.42 Å². The van der Waals surface area contributed by atoms with Crippen LogP contribution in [0.4, 0.5) is 5.69 Å². The van der Waals surface area contributed by atoms with Gasteiger partial charge >= 0.3 is 0 Å². The van der Waals surface area contributed by atoms with Gasteiger partial charge in [-0.05, 0) is 34.8 Å². The summed E-state index contributed by atoms with van der Waals surface area (Å²) in [4.78, 5) is 12.7. The number of benzene rings is 1. The molecule has 0 aromatic heterocycles. The van der Waals surface area contributed by atoms with Crippen LogP contribution >= 0.6 is 0 Å². The highest BCUT2D eigenvalue weighted by molar-refractivity contribution is 5.38. The fourth-order valence-corrected chi connectivity index (χ4v) is 0.947. The number of azide groups is 1. The SMILES string of the molecule is [N-]=[N+]=NCCc1ccc(N=O)cc1. The molecule has 5 nitrogen and oxygen atoms in total. The molecule has 5 heteroatoms. The number of hydrogen-bond acceptors (Lipinski definition) is 3. The van der Waals surface area contributed by atoms with Crippen molar-refractivity contribution in [2.45, 2.75) is 6.42 Å². The molecule has 0 fully saturated rings. The van der Waals surface area contributed by atoms with Gasteiger partial charge in [0.25, 0.3) is 0 Å². The average molecular weight is 176 g/mol. The molecule has 0 aliphatic carbocycles. The molecule has 66 valence electrons. The molecule has 0 saturated heterocycles. The van der Waals surface area contributed by atoms with Crippen LogP contribution in [0.15, 0.2) is 34.6 Å². The van der Waals surface area contributed by atoms with Gasteiger partial charge in [-0.25, -0.2) is 0 Å². The van der Waals surface area contributed by atoms with Gasteiger partial charge in [0, 0.05) is 11.5 Å². The third-order valence-electron chi connectivity index (χ3n) is 1.61. The zero-order valence-corrected chi connectivity index (χ0v) is 6.92. The summed E-state index contributed by atoms with van der Waals surface area (Å²) in [6, 6.07) is 6.87. The van der Waals surface area contributed by atoms with E-state index in [-0.39, 0.29) is 0 Å². The summed E-state index contributed by atoms with van der Waals surface area (Å²) in [6.45, 7) is 0.435. The van der Waals surface area contributed by atoms with Gasteiger partial charge in [-0.3, -0.25) is 0 Å². The van der Waals surface area contributed by atoms with Gasteiger partial charge < -0.3 is 0 Å². The van der Waals surface area contributed by atoms with Crippen LogP contribution in [0, 0.1) is 4.91 Å². The smallest absolute Gasteiger partial charge is 0.108 e. The van der Waals surface area contributed by atoms with Gasteiger partial charge in [-0.15, -0.1) is 4.91 Å². The lowest BCUT2D eigenvalue weighted by atomic mass is 10.1. The summed E-state index contributed by atoms with van der Waals surface area (Å²) >= 11 is 0. The number of hydrogen-bond donors (Lipinski definition) is 0. The Morgan fingerprint density at radius 1 is 1.31 bits per heavy atom. The summed E-state index contributed by atoms with van der Waals surface area (Å²) in [5.41, 5.74) is 9.47. The minimum atomic E-state index is 0.410. The van der Waals surface area contributed by atoms with E-state index in [0.29, 0.717) is 18.7 Å². The first-order valence-electron chi connectivity index (χ1n) is 3.80. The molecule has 1 aromatic carbocycles. The van der Waals surface area contributed by atoms with E-state index >= 15 is 0 Å². The normalized spacial score (nSPS) is 8.92. The van der Waals surface area contributed by atoms with Crippen molar-refractivity contribution in [3.63, 3.8) is 0 Å². The predicted molar refractivity (Wildman–Crippen MR) is 49.6 cm³/mol. The summed E-state index contributed by atoms with van der Waals surface area (Å²) in [5, 5.41) is 6.18. The van der Waals surface area contributed by atoms with Crippen LogP contribution < -0.4 is 0 Å². The Morgan fingerprint density at radius 3 is 2.54 bits per heavy atom. The molecule has 0 aliphatic rings. The summed E-state index contributed by atoms with van der Waals surface area (Å²) in [6.07, 6.45) is 0.684. The third kappa shape index (κ3) is 2.92. The highest BCUT2D eigenvalue weighted by Crippen LogP contribution is 2.12. The second kappa shape index (κ2) is 4.90. The van der Waals surface area contributed by atoms with Crippen molar-refractivity contribution >= 4 is 5.69 Å². The van der Waals surface area contributed by atoms with E-state index in [4.69, 9.17) is 5.53 Å². The van der Waals surface area contributed by atoms with E-state index in [0.717, 1.165) is 5.56 Å². The fourth-order valence-electron chi connectivity index (χ4n) is 0.947. The van der Waals surface area contributed by atoms with E-state index in [1.54, 1.807) is 24.3 Å². The standard InChI is InChI=1S/C8H8N4O/c9-12-10-6-5-7-1-3-8(11-13)4-2-7/h1-4H,5-6H2. The van der Waals surface area contributed by atoms with Crippen LogP contribution in [0.1, 0.15) is 5.56 Å². The zero-order valence-electron chi connectivity index (χ0n) is 6.92. The molecule has 0 spiro atoms. The first-order chi connectivity index (χ1) is 6.36. The molecule has 1 aromatic rings. The summed E-state index contributed by atoms with van der Waals surface area (Å²) < 4.78 is 0. The van der Waals surface area contributed by atoms with Gasteiger partial charge in [0.2, 0.25) is 0 Å². The predicted octanol–water partition coefficient (Wildman–Crippen LogP) is 2.94. The zero-order chi connectivity index (χ0) is 9.52. The molecule has 1 rings (SSSR count). The van der Waals surface area contributed by atoms with Crippen LogP contribution in [0.5, 0.6) is 0 Å². The van der Waals surface area contributed by atoms with Crippen LogP contribution in [0.3, 0.4) is 0 Å². The molecule has 13 heavy (non-hydrogen) atoms. The maximum absolute atomic E-state index is 10.1. The van der Waals surface area contributed by atoms with Crippen molar-refractivity contribution in [3.05, 3.63) is 45.2 Å². The van der Waals surface area contributed by atoms with E-state index in [1.807, 2.05) is 0 Å². The van der Waals surface area contributed by atoms with E-state index in [2.05, 4.69) is 15.2 Å². The lowest BCUT2D eigenvalue weighted by Crippen LogP contribution is -1.86. The molecule has 0 heterocycles. The molecule has 0 amide bonds. The molecular formula is C8H8N4O.